The first-order chi connectivity index (χ1) is 16.5. The van der Waals surface area contributed by atoms with E-state index in [0.29, 0.717) is 21.6 Å². The van der Waals surface area contributed by atoms with E-state index in [0.717, 1.165) is 38.6 Å². The smallest absolute Gasteiger partial charge is 0.274 e. The average Bonchev–Trinajstić information content (AvgIpc) is 3.46. The summed E-state index contributed by atoms with van der Waals surface area (Å²) in [7, 11) is 0. The lowest BCUT2D eigenvalue weighted by Crippen LogP contribution is -2.22. The van der Waals surface area contributed by atoms with Gasteiger partial charge in [0.25, 0.3) is 5.56 Å². The summed E-state index contributed by atoms with van der Waals surface area (Å²) in [6.07, 6.45) is 4.02. The van der Waals surface area contributed by atoms with Crippen LogP contribution in [0.25, 0.3) is 33.0 Å². The first-order valence-corrected chi connectivity index (χ1v) is 11.8. The molecule has 0 atom stereocenters. The van der Waals surface area contributed by atoms with E-state index in [4.69, 9.17) is 4.98 Å². The third-order valence-corrected chi connectivity index (χ3v) is 7.41. The normalized spacial score (nSPS) is 12.2. The minimum Gasteiger partial charge on any atom is -0.342 e. The fourth-order valence-electron chi connectivity index (χ4n) is 4.53. The highest BCUT2D eigenvalue weighted by atomic mass is 32.1. The molecule has 0 aliphatic heterocycles. The Hall–Kier alpha value is -4.21. The highest BCUT2D eigenvalue weighted by Crippen LogP contribution is 2.25. The molecule has 6 heteroatoms. The molecular formula is C28H20N4OS. The van der Waals surface area contributed by atoms with Gasteiger partial charge in [-0.25, -0.2) is 9.38 Å². The van der Waals surface area contributed by atoms with Crippen molar-refractivity contribution in [2.45, 2.75) is 20.4 Å². The predicted octanol–water partition coefficient (Wildman–Crippen LogP) is 4.95. The number of para-hydroxylation sites is 1. The Morgan fingerprint density at radius 3 is 2.65 bits per heavy atom. The third kappa shape index (κ3) is 3.13. The third-order valence-electron chi connectivity index (χ3n) is 6.44. The van der Waals surface area contributed by atoms with Gasteiger partial charge in [-0.2, -0.15) is 5.26 Å². The number of nitrogens with zero attached hydrogens (tertiary/aromatic N) is 4. The summed E-state index contributed by atoms with van der Waals surface area (Å²) in [5.41, 5.74) is 7.65. The average molecular weight is 461 g/mol. The van der Waals surface area contributed by atoms with Crippen LogP contribution >= 0.6 is 11.3 Å². The van der Waals surface area contributed by atoms with Crippen LogP contribution in [0.15, 0.2) is 71.7 Å². The van der Waals surface area contributed by atoms with Gasteiger partial charge in [0.15, 0.2) is 4.96 Å². The molecule has 3 heterocycles. The van der Waals surface area contributed by atoms with E-state index in [1.54, 1.807) is 4.40 Å². The Kier molecular flexibility index (Phi) is 4.61. The number of aryl methyl sites for hydroxylation is 2. The Balaban J connectivity index is 1.53. The van der Waals surface area contributed by atoms with Gasteiger partial charge in [-0.3, -0.25) is 4.79 Å². The van der Waals surface area contributed by atoms with Crippen LogP contribution < -0.4 is 10.1 Å². The van der Waals surface area contributed by atoms with Crippen molar-refractivity contribution < 1.29 is 0 Å². The van der Waals surface area contributed by atoms with Gasteiger partial charge in [0.1, 0.15) is 0 Å². The summed E-state index contributed by atoms with van der Waals surface area (Å²) in [6.45, 7) is 4.70. The highest BCUT2D eigenvalue weighted by molar-refractivity contribution is 7.15. The first kappa shape index (κ1) is 20.4. The highest BCUT2D eigenvalue weighted by Gasteiger charge is 2.14. The molecule has 0 amide bonds. The monoisotopic (exact) mass is 460 g/mol. The van der Waals surface area contributed by atoms with Gasteiger partial charge in [0.05, 0.1) is 27.2 Å². The summed E-state index contributed by atoms with van der Waals surface area (Å²) in [5, 5.41) is 10.6. The van der Waals surface area contributed by atoms with Crippen molar-refractivity contribution in [2.24, 2.45) is 0 Å². The molecule has 0 aliphatic carbocycles. The molecule has 0 aliphatic rings. The molecular weight excluding hydrogens is 440 g/mol. The van der Waals surface area contributed by atoms with Crippen LogP contribution in [0.1, 0.15) is 27.8 Å². The van der Waals surface area contributed by atoms with Gasteiger partial charge in [-0.15, -0.1) is 0 Å². The van der Waals surface area contributed by atoms with Crippen molar-refractivity contribution in [3.63, 3.8) is 0 Å². The summed E-state index contributed by atoms with van der Waals surface area (Å²) in [6, 6.07) is 22.2. The van der Waals surface area contributed by atoms with Crippen LogP contribution in [-0.2, 0) is 6.54 Å². The molecule has 6 rings (SSSR count). The number of fused-ring (bicyclic) bond motifs is 4. The van der Waals surface area contributed by atoms with Gasteiger partial charge < -0.3 is 4.57 Å². The molecule has 3 aromatic carbocycles. The molecule has 0 saturated heterocycles. The molecule has 0 spiro atoms. The molecule has 0 saturated carbocycles. The summed E-state index contributed by atoms with van der Waals surface area (Å²) in [4.78, 5) is 18.8. The summed E-state index contributed by atoms with van der Waals surface area (Å²) in [5.74, 6) is 0. The van der Waals surface area contributed by atoms with E-state index < -0.39 is 0 Å². The SMILES string of the molecule is Cc1cc2nc3s/c(=C\c4cn(Cc5ccccc5C#N)c5ccccc45)c(=O)n3c2cc1C. The number of hydrogen-bond donors (Lipinski definition) is 0. The number of hydrogen-bond acceptors (Lipinski definition) is 4. The maximum Gasteiger partial charge on any atom is 0.274 e. The number of aromatic nitrogens is 3. The van der Waals surface area contributed by atoms with Crippen molar-refractivity contribution in [2.75, 3.05) is 0 Å². The molecule has 0 fully saturated rings. The number of nitriles is 1. The molecule has 5 nitrogen and oxygen atoms in total. The molecule has 0 bridgehead atoms. The Morgan fingerprint density at radius 1 is 1.03 bits per heavy atom. The van der Waals surface area contributed by atoms with Crippen LogP contribution in [0.3, 0.4) is 0 Å². The van der Waals surface area contributed by atoms with Crippen molar-refractivity contribution in [3.05, 3.63) is 110 Å². The van der Waals surface area contributed by atoms with Gasteiger partial charge in [0.2, 0.25) is 0 Å². The number of thiazole rings is 1. The second kappa shape index (κ2) is 7.68. The lowest BCUT2D eigenvalue weighted by atomic mass is 10.1. The van der Waals surface area contributed by atoms with Crippen molar-refractivity contribution in [1.82, 2.24) is 14.0 Å². The molecule has 164 valence electrons. The van der Waals surface area contributed by atoms with Crippen molar-refractivity contribution in [3.8, 4) is 6.07 Å². The topological polar surface area (TPSA) is 63.1 Å². The quantitative estimate of drug-likeness (QED) is 0.375. The van der Waals surface area contributed by atoms with Crippen LogP contribution in [0.2, 0.25) is 0 Å². The van der Waals surface area contributed by atoms with Crippen LogP contribution in [0.4, 0.5) is 0 Å². The van der Waals surface area contributed by atoms with Gasteiger partial charge in [0, 0.05) is 29.2 Å². The van der Waals surface area contributed by atoms with Gasteiger partial charge in [-0.1, -0.05) is 47.7 Å². The summed E-state index contributed by atoms with van der Waals surface area (Å²) < 4.78 is 4.52. The van der Waals surface area contributed by atoms with E-state index in [1.807, 2.05) is 54.6 Å². The first-order valence-electron chi connectivity index (χ1n) is 11.0. The Morgan fingerprint density at radius 2 is 1.79 bits per heavy atom. The maximum atomic E-state index is 13.4. The number of benzene rings is 3. The zero-order chi connectivity index (χ0) is 23.4. The molecule has 6 aromatic rings. The standard InChI is InChI=1S/C28H20N4OS/c1-17-11-23-25(12-18(17)2)32-27(33)26(34-28(32)30-23)13-21-16-31(24-10-6-5-9-22(21)24)15-20-8-4-3-7-19(20)14-29/h3-13,16H,15H2,1-2H3/b26-13-. The lowest BCUT2D eigenvalue weighted by Gasteiger charge is -2.07. The van der Waals surface area contributed by atoms with Gasteiger partial charge in [-0.05, 0) is 60.9 Å². The van der Waals surface area contributed by atoms with Crippen molar-refractivity contribution >= 4 is 44.3 Å². The van der Waals surface area contributed by atoms with Gasteiger partial charge >= 0.3 is 0 Å². The van der Waals surface area contributed by atoms with E-state index in [9.17, 15) is 10.1 Å². The molecule has 0 unspecified atom stereocenters. The predicted molar refractivity (Wildman–Crippen MR) is 137 cm³/mol. The van der Waals surface area contributed by atoms with Crippen LogP contribution in [0.5, 0.6) is 0 Å². The fraction of sp³-hybridized carbons (Fsp3) is 0.107. The molecule has 3 aromatic heterocycles. The Labute approximate surface area is 199 Å². The Bertz CT molecular complexity index is 1900. The molecule has 34 heavy (non-hydrogen) atoms. The molecule has 0 radical (unpaired) electrons. The van der Waals surface area contributed by atoms with E-state index in [-0.39, 0.29) is 5.56 Å². The summed E-state index contributed by atoms with van der Waals surface area (Å²) >= 11 is 1.42. The van der Waals surface area contributed by atoms with E-state index >= 15 is 0 Å². The lowest BCUT2D eigenvalue weighted by molar-refractivity contribution is 0.833. The minimum atomic E-state index is -0.0441. The van der Waals surface area contributed by atoms with E-state index in [2.05, 4.69) is 42.8 Å². The largest absolute Gasteiger partial charge is 0.342 e. The second-order valence-electron chi connectivity index (χ2n) is 8.57. The van der Waals surface area contributed by atoms with Crippen LogP contribution in [-0.4, -0.2) is 14.0 Å². The number of rotatable bonds is 3. The molecule has 0 N–H and O–H groups in total. The zero-order valence-corrected chi connectivity index (χ0v) is 19.6. The maximum absolute atomic E-state index is 13.4. The fourth-order valence-corrected chi connectivity index (χ4v) is 5.51. The van der Waals surface area contributed by atoms with E-state index in [1.165, 1.54) is 16.9 Å². The second-order valence-corrected chi connectivity index (χ2v) is 9.58. The van der Waals surface area contributed by atoms with Crippen molar-refractivity contribution in [1.29, 1.82) is 5.26 Å². The van der Waals surface area contributed by atoms with Crippen LogP contribution in [0, 0.1) is 25.2 Å². The zero-order valence-electron chi connectivity index (χ0n) is 18.7. The minimum absolute atomic E-state index is 0.0441. The number of imidazole rings is 1.